The molecule has 6 heteroatoms. The van der Waals surface area contributed by atoms with Gasteiger partial charge in [0.25, 0.3) is 0 Å². The van der Waals surface area contributed by atoms with Crippen LogP contribution in [-0.2, 0) is 0 Å². The number of ether oxygens (including phenoxy) is 2. The highest BCUT2D eigenvalue weighted by Gasteiger charge is 2.10. The molecule has 6 nitrogen and oxygen atoms in total. The molecule has 0 saturated carbocycles. The highest BCUT2D eigenvalue weighted by molar-refractivity contribution is 5.29. The lowest BCUT2D eigenvalue weighted by molar-refractivity contribution is 0.180. The van der Waals surface area contributed by atoms with E-state index in [1.165, 1.54) is 32.4 Å². The molecule has 18 heavy (non-hydrogen) atoms. The number of nitrogens with two attached hydrogens (primary N) is 1. The van der Waals surface area contributed by atoms with E-state index >= 15 is 0 Å². The van der Waals surface area contributed by atoms with E-state index in [1.807, 2.05) is 0 Å². The second kappa shape index (κ2) is 6.39. The zero-order chi connectivity index (χ0) is 12.8. The molecule has 0 atom stereocenters. The van der Waals surface area contributed by atoms with Crippen LogP contribution in [0.1, 0.15) is 19.3 Å². The van der Waals surface area contributed by atoms with Gasteiger partial charge in [-0.05, 0) is 25.9 Å². The van der Waals surface area contributed by atoms with Crippen molar-refractivity contribution in [2.75, 3.05) is 39.1 Å². The lowest BCUT2D eigenvalue weighted by Gasteiger charge is -2.26. The average Bonchev–Trinajstić information content (AvgIpc) is 2.39. The summed E-state index contributed by atoms with van der Waals surface area (Å²) in [5.74, 6) is 1.06. The maximum Gasteiger partial charge on any atom is 0.226 e. The zero-order valence-corrected chi connectivity index (χ0v) is 10.8. The molecule has 0 bridgehead atoms. The SMILES string of the molecule is COc1cc(OCCN2CCCCC2)nc(N)n1. The number of hydrogen-bond acceptors (Lipinski definition) is 6. The van der Waals surface area contributed by atoms with Crippen molar-refractivity contribution in [2.45, 2.75) is 19.3 Å². The van der Waals surface area contributed by atoms with Crippen LogP contribution in [0.4, 0.5) is 5.95 Å². The van der Waals surface area contributed by atoms with Gasteiger partial charge >= 0.3 is 0 Å². The van der Waals surface area contributed by atoms with Crippen LogP contribution in [0.2, 0.25) is 0 Å². The lowest BCUT2D eigenvalue weighted by Crippen LogP contribution is -2.33. The van der Waals surface area contributed by atoms with Gasteiger partial charge in [-0.15, -0.1) is 0 Å². The number of aromatic nitrogens is 2. The molecule has 1 aromatic heterocycles. The minimum Gasteiger partial charge on any atom is -0.481 e. The number of anilines is 1. The van der Waals surface area contributed by atoms with E-state index < -0.39 is 0 Å². The Morgan fingerprint density at radius 2 is 1.94 bits per heavy atom. The standard InChI is InChI=1S/C12H20N4O2/c1-17-10-9-11(15-12(13)14-10)18-8-7-16-5-3-2-4-6-16/h9H,2-8H2,1H3,(H2,13,14,15). The Morgan fingerprint density at radius 3 is 2.67 bits per heavy atom. The van der Waals surface area contributed by atoms with Crippen molar-refractivity contribution >= 4 is 5.95 Å². The minimum atomic E-state index is 0.169. The van der Waals surface area contributed by atoms with E-state index in [1.54, 1.807) is 13.2 Å². The van der Waals surface area contributed by atoms with Crippen molar-refractivity contribution in [1.82, 2.24) is 14.9 Å². The van der Waals surface area contributed by atoms with Gasteiger partial charge in [0.1, 0.15) is 6.61 Å². The second-order valence-electron chi connectivity index (χ2n) is 4.36. The third-order valence-corrected chi connectivity index (χ3v) is 3.01. The first kappa shape index (κ1) is 12.9. The van der Waals surface area contributed by atoms with Gasteiger partial charge in [-0.25, -0.2) is 0 Å². The normalized spacial score (nSPS) is 16.5. The predicted molar refractivity (Wildman–Crippen MR) is 68.8 cm³/mol. The number of nitrogen functional groups attached to an aromatic ring is 1. The van der Waals surface area contributed by atoms with Gasteiger partial charge in [0.05, 0.1) is 13.2 Å². The van der Waals surface area contributed by atoms with Gasteiger partial charge in [-0.1, -0.05) is 6.42 Å². The molecule has 2 heterocycles. The molecule has 0 unspecified atom stereocenters. The molecule has 0 aromatic carbocycles. The van der Waals surface area contributed by atoms with E-state index in [0.717, 1.165) is 6.54 Å². The number of likely N-dealkylation sites (tertiary alicyclic amines) is 1. The van der Waals surface area contributed by atoms with Crippen LogP contribution >= 0.6 is 0 Å². The van der Waals surface area contributed by atoms with Gasteiger partial charge in [-0.3, -0.25) is 4.90 Å². The first-order valence-electron chi connectivity index (χ1n) is 6.31. The third kappa shape index (κ3) is 3.73. The third-order valence-electron chi connectivity index (χ3n) is 3.01. The maximum absolute atomic E-state index is 5.58. The monoisotopic (exact) mass is 252 g/mol. The summed E-state index contributed by atoms with van der Waals surface area (Å²) in [6, 6.07) is 1.65. The topological polar surface area (TPSA) is 73.5 Å². The first-order chi connectivity index (χ1) is 8.78. The van der Waals surface area contributed by atoms with Crippen LogP contribution in [0.3, 0.4) is 0 Å². The summed E-state index contributed by atoms with van der Waals surface area (Å²) in [6.45, 7) is 3.86. The Labute approximate surface area is 107 Å². The van der Waals surface area contributed by atoms with Gasteiger partial charge < -0.3 is 15.2 Å². The van der Waals surface area contributed by atoms with E-state index in [-0.39, 0.29) is 5.95 Å². The van der Waals surface area contributed by atoms with E-state index in [2.05, 4.69) is 14.9 Å². The zero-order valence-electron chi connectivity index (χ0n) is 10.8. The highest BCUT2D eigenvalue weighted by atomic mass is 16.5. The molecule has 0 amide bonds. The quantitative estimate of drug-likeness (QED) is 0.840. The van der Waals surface area contributed by atoms with Crippen molar-refractivity contribution in [3.8, 4) is 11.8 Å². The maximum atomic E-state index is 5.58. The van der Waals surface area contributed by atoms with Gasteiger partial charge in [0, 0.05) is 6.54 Å². The fourth-order valence-electron chi connectivity index (χ4n) is 2.06. The molecular formula is C12H20N4O2. The number of methoxy groups -OCH3 is 1. The van der Waals surface area contributed by atoms with E-state index in [9.17, 15) is 0 Å². The number of piperidine rings is 1. The molecule has 100 valence electrons. The molecule has 0 spiro atoms. The fraction of sp³-hybridized carbons (Fsp3) is 0.667. The molecule has 2 rings (SSSR count). The summed E-state index contributed by atoms with van der Waals surface area (Å²) in [5.41, 5.74) is 5.56. The van der Waals surface area contributed by atoms with Crippen molar-refractivity contribution in [3.05, 3.63) is 6.07 Å². The highest BCUT2D eigenvalue weighted by Crippen LogP contribution is 2.16. The van der Waals surface area contributed by atoms with Crippen molar-refractivity contribution < 1.29 is 9.47 Å². The Bertz CT molecular complexity index is 380. The molecule has 0 radical (unpaired) electrons. The first-order valence-corrected chi connectivity index (χ1v) is 6.31. The second-order valence-corrected chi connectivity index (χ2v) is 4.36. The fourth-order valence-corrected chi connectivity index (χ4v) is 2.06. The summed E-state index contributed by atoms with van der Waals surface area (Å²) in [6.07, 6.45) is 3.92. The van der Waals surface area contributed by atoms with Crippen LogP contribution in [0.15, 0.2) is 6.07 Å². The smallest absolute Gasteiger partial charge is 0.226 e. The summed E-state index contributed by atoms with van der Waals surface area (Å²) in [4.78, 5) is 10.3. The largest absolute Gasteiger partial charge is 0.481 e. The Balaban J connectivity index is 1.80. The van der Waals surface area contributed by atoms with Gasteiger partial charge in [-0.2, -0.15) is 9.97 Å². The van der Waals surface area contributed by atoms with E-state index in [0.29, 0.717) is 18.4 Å². The molecule has 1 aliphatic rings. The number of hydrogen-bond donors (Lipinski definition) is 1. The number of rotatable bonds is 5. The summed E-state index contributed by atoms with van der Waals surface area (Å²) in [5, 5.41) is 0. The average molecular weight is 252 g/mol. The predicted octanol–water partition coefficient (Wildman–Crippen LogP) is 0.932. The molecule has 0 aliphatic carbocycles. The van der Waals surface area contributed by atoms with Crippen LogP contribution in [0, 0.1) is 0 Å². The van der Waals surface area contributed by atoms with Crippen LogP contribution in [0.25, 0.3) is 0 Å². The molecule has 2 N–H and O–H groups in total. The Hall–Kier alpha value is -1.56. The molecule has 1 aromatic rings. The molecule has 1 saturated heterocycles. The van der Waals surface area contributed by atoms with Gasteiger partial charge in [0.2, 0.25) is 17.7 Å². The molecule has 1 fully saturated rings. The summed E-state index contributed by atoms with van der Waals surface area (Å²) < 4.78 is 10.6. The number of nitrogens with zero attached hydrogens (tertiary/aromatic N) is 3. The van der Waals surface area contributed by atoms with Gasteiger partial charge in [0.15, 0.2) is 0 Å². The van der Waals surface area contributed by atoms with Crippen LogP contribution < -0.4 is 15.2 Å². The van der Waals surface area contributed by atoms with Crippen molar-refractivity contribution in [3.63, 3.8) is 0 Å². The van der Waals surface area contributed by atoms with Crippen LogP contribution in [0.5, 0.6) is 11.8 Å². The van der Waals surface area contributed by atoms with Crippen molar-refractivity contribution in [1.29, 1.82) is 0 Å². The van der Waals surface area contributed by atoms with Crippen LogP contribution in [-0.4, -0.2) is 48.2 Å². The minimum absolute atomic E-state index is 0.169. The van der Waals surface area contributed by atoms with E-state index in [4.69, 9.17) is 15.2 Å². The Morgan fingerprint density at radius 1 is 1.22 bits per heavy atom. The summed E-state index contributed by atoms with van der Waals surface area (Å²) >= 11 is 0. The Kier molecular flexibility index (Phi) is 4.58. The molecular weight excluding hydrogens is 232 g/mol. The lowest BCUT2D eigenvalue weighted by atomic mass is 10.1. The summed E-state index contributed by atoms with van der Waals surface area (Å²) in [7, 11) is 1.54. The van der Waals surface area contributed by atoms with Crippen molar-refractivity contribution in [2.24, 2.45) is 0 Å². The molecule has 1 aliphatic heterocycles.